The monoisotopic (exact) mass is 456 g/mol. The molecule has 2 aromatic carbocycles. The third-order valence-corrected chi connectivity index (χ3v) is 8.36. The highest BCUT2D eigenvalue weighted by Gasteiger charge is 2.66. The van der Waals surface area contributed by atoms with E-state index in [0.717, 1.165) is 11.1 Å². The molecule has 7 heteroatoms. The topological polar surface area (TPSA) is 104 Å². The lowest BCUT2D eigenvalue weighted by atomic mass is 9.51. The number of phenols is 1. The van der Waals surface area contributed by atoms with Crippen LogP contribution in [-0.2, 0) is 19.2 Å². The van der Waals surface area contributed by atoms with E-state index in [0.29, 0.717) is 18.5 Å². The average Bonchev–Trinajstić information content (AvgIpc) is 3.23. The summed E-state index contributed by atoms with van der Waals surface area (Å²) in [5, 5.41) is 12.3. The average molecular weight is 456 g/mol. The molecule has 7 nitrogen and oxygen atoms in total. The van der Waals surface area contributed by atoms with Gasteiger partial charge in [0.1, 0.15) is 5.75 Å². The van der Waals surface area contributed by atoms with Crippen LogP contribution in [0.5, 0.6) is 5.75 Å². The van der Waals surface area contributed by atoms with Gasteiger partial charge in [0, 0.05) is 5.92 Å². The van der Waals surface area contributed by atoms with Crippen molar-refractivity contribution < 1.29 is 24.3 Å². The van der Waals surface area contributed by atoms with E-state index in [1.54, 1.807) is 48.5 Å². The molecular weight excluding hydrogens is 432 g/mol. The third-order valence-electron chi connectivity index (χ3n) is 8.36. The number of benzene rings is 2. The summed E-state index contributed by atoms with van der Waals surface area (Å²) >= 11 is 0. The maximum absolute atomic E-state index is 14.0. The summed E-state index contributed by atoms with van der Waals surface area (Å²) in [5.74, 6) is -3.36. The fraction of sp³-hybridized carbons (Fsp3) is 0.333. The Labute approximate surface area is 196 Å². The lowest BCUT2D eigenvalue weighted by Gasteiger charge is -2.49. The minimum Gasteiger partial charge on any atom is -0.508 e. The van der Waals surface area contributed by atoms with Crippen LogP contribution >= 0.6 is 0 Å². The lowest BCUT2D eigenvalue weighted by Crippen LogP contribution is -2.48. The molecule has 6 rings (SSSR count). The van der Waals surface area contributed by atoms with Gasteiger partial charge in [-0.15, -0.1) is 0 Å². The van der Waals surface area contributed by atoms with Gasteiger partial charge in [-0.05, 0) is 55.5 Å². The molecule has 4 amide bonds. The summed E-state index contributed by atoms with van der Waals surface area (Å²) in [5.41, 5.74) is 1.21. The van der Waals surface area contributed by atoms with E-state index in [9.17, 15) is 24.3 Å². The highest BCUT2D eigenvalue weighted by molar-refractivity contribution is 6.24. The molecular formula is C27H24N2O5. The van der Waals surface area contributed by atoms with Crippen molar-refractivity contribution in [2.45, 2.75) is 25.7 Å². The predicted molar refractivity (Wildman–Crippen MR) is 122 cm³/mol. The number of nitrogens with one attached hydrogen (secondary N) is 1. The number of nitrogens with zero attached hydrogens (tertiary/aromatic N) is 1. The Morgan fingerprint density at radius 1 is 0.941 bits per heavy atom. The number of hydrogen-bond donors (Lipinski definition) is 2. The second-order valence-corrected chi connectivity index (χ2v) is 9.94. The Balaban J connectivity index is 1.54. The normalized spacial score (nSPS) is 34.3. The molecule has 0 unspecified atom stereocenters. The summed E-state index contributed by atoms with van der Waals surface area (Å²) in [6.07, 6.45) is 2.77. The van der Waals surface area contributed by atoms with Crippen LogP contribution in [0.1, 0.15) is 31.2 Å². The highest BCUT2D eigenvalue weighted by atomic mass is 16.3. The summed E-state index contributed by atoms with van der Waals surface area (Å²) in [7, 11) is 0. The van der Waals surface area contributed by atoms with Crippen molar-refractivity contribution >= 4 is 29.3 Å². The second kappa shape index (κ2) is 7.13. The van der Waals surface area contributed by atoms with Crippen LogP contribution in [0.15, 0.2) is 66.2 Å². The van der Waals surface area contributed by atoms with Gasteiger partial charge in [0.2, 0.25) is 23.6 Å². The van der Waals surface area contributed by atoms with Gasteiger partial charge in [-0.3, -0.25) is 24.5 Å². The Hall–Kier alpha value is -3.74. The Bertz CT molecular complexity index is 1270. The van der Waals surface area contributed by atoms with Crippen LogP contribution in [0.3, 0.4) is 0 Å². The predicted octanol–water partition coefficient (Wildman–Crippen LogP) is 2.91. The first kappa shape index (κ1) is 20.8. The molecule has 6 atom stereocenters. The van der Waals surface area contributed by atoms with Gasteiger partial charge < -0.3 is 5.11 Å². The maximum Gasteiger partial charge on any atom is 0.241 e. The Kier molecular flexibility index (Phi) is 4.37. The van der Waals surface area contributed by atoms with E-state index in [1.165, 1.54) is 4.90 Å². The highest BCUT2D eigenvalue weighted by Crippen LogP contribution is 2.63. The van der Waals surface area contributed by atoms with E-state index < -0.39 is 29.1 Å². The number of hydrogen-bond acceptors (Lipinski definition) is 5. The van der Waals surface area contributed by atoms with E-state index in [4.69, 9.17) is 0 Å². The van der Waals surface area contributed by atoms with Gasteiger partial charge in [-0.25, -0.2) is 4.90 Å². The fourth-order valence-electron chi connectivity index (χ4n) is 6.80. The number of aromatic hydroxyl groups is 1. The van der Waals surface area contributed by atoms with Gasteiger partial charge in [0.05, 0.1) is 28.9 Å². The van der Waals surface area contributed by atoms with Crippen molar-refractivity contribution in [2.24, 2.45) is 29.1 Å². The molecule has 0 spiro atoms. The number of carbonyl (C=O) groups is 4. The molecule has 1 saturated carbocycles. The molecule has 34 heavy (non-hydrogen) atoms. The number of anilines is 1. The Morgan fingerprint density at radius 3 is 2.35 bits per heavy atom. The number of fused-ring (bicyclic) bond motifs is 4. The summed E-state index contributed by atoms with van der Waals surface area (Å²) < 4.78 is 0. The summed E-state index contributed by atoms with van der Waals surface area (Å²) in [6, 6.07) is 15.6. The standard InChI is InChI=1S/C27H24N2O5/c1-27-20(25(33)29(26(27)34)15-5-3-2-4-6-15)13-19-17(22(27)14-7-9-16(30)10-8-14)11-12-18-21(19)24(32)28-23(18)31/h2-11,18-22,30H,12-13H2,1H3,(H,28,31,32)/t18-,19+,20-,21-,22-,27+/m0/s1. The zero-order valence-electron chi connectivity index (χ0n) is 18.6. The van der Waals surface area contributed by atoms with Crippen molar-refractivity contribution in [2.75, 3.05) is 4.90 Å². The quantitative estimate of drug-likeness (QED) is 0.534. The molecule has 2 N–H and O–H groups in total. The van der Waals surface area contributed by atoms with Crippen LogP contribution in [0.4, 0.5) is 5.69 Å². The van der Waals surface area contributed by atoms with E-state index >= 15 is 0 Å². The number of amides is 4. The molecule has 2 aliphatic heterocycles. The SMILES string of the molecule is C[C@@]12C(=O)N(c3ccccc3)C(=O)[C@@H]1C[C@@H]1C(=CC[C@@H]3C(=O)NC(=O)[C@@H]31)[C@@H]2c1ccc(O)cc1. The molecule has 2 heterocycles. The molecule has 0 bridgehead atoms. The van der Waals surface area contributed by atoms with Crippen molar-refractivity contribution in [3.8, 4) is 5.75 Å². The van der Waals surface area contributed by atoms with E-state index in [2.05, 4.69) is 5.32 Å². The van der Waals surface area contributed by atoms with Crippen LogP contribution in [0.25, 0.3) is 0 Å². The minimum absolute atomic E-state index is 0.107. The zero-order chi connectivity index (χ0) is 23.8. The first-order chi connectivity index (χ1) is 16.3. The van der Waals surface area contributed by atoms with Gasteiger partial charge >= 0.3 is 0 Å². The maximum atomic E-state index is 14.0. The Morgan fingerprint density at radius 2 is 1.65 bits per heavy atom. The van der Waals surface area contributed by atoms with Crippen molar-refractivity contribution in [3.05, 3.63) is 71.8 Å². The van der Waals surface area contributed by atoms with Gasteiger partial charge in [0.25, 0.3) is 0 Å². The zero-order valence-corrected chi connectivity index (χ0v) is 18.6. The summed E-state index contributed by atoms with van der Waals surface area (Å²) in [6.45, 7) is 1.85. The number of allylic oxidation sites excluding steroid dienone is 2. The fourth-order valence-corrected chi connectivity index (χ4v) is 6.80. The number of phenolic OH excluding ortho intramolecular Hbond substituents is 1. The van der Waals surface area contributed by atoms with Gasteiger partial charge in [-0.1, -0.05) is 42.0 Å². The lowest BCUT2D eigenvalue weighted by molar-refractivity contribution is -0.131. The first-order valence-electron chi connectivity index (χ1n) is 11.6. The minimum atomic E-state index is -1.06. The number of rotatable bonds is 2. The molecule has 172 valence electrons. The smallest absolute Gasteiger partial charge is 0.241 e. The molecule has 0 radical (unpaired) electrons. The number of carbonyl (C=O) groups excluding carboxylic acids is 4. The van der Waals surface area contributed by atoms with E-state index in [-0.39, 0.29) is 35.3 Å². The molecule has 4 aliphatic rings. The third kappa shape index (κ3) is 2.64. The molecule has 2 aliphatic carbocycles. The van der Waals surface area contributed by atoms with Crippen molar-refractivity contribution in [3.63, 3.8) is 0 Å². The van der Waals surface area contributed by atoms with Crippen LogP contribution in [0.2, 0.25) is 0 Å². The van der Waals surface area contributed by atoms with Gasteiger partial charge in [0.15, 0.2) is 0 Å². The number of imide groups is 2. The summed E-state index contributed by atoms with van der Waals surface area (Å²) in [4.78, 5) is 54.3. The molecule has 3 fully saturated rings. The molecule has 2 saturated heterocycles. The molecule has 0 aromatic heterocycles. The van der Waals surface area contributed by atoms with Gasteiger partial charge in [-0.2, -0.15) is 0 Å². The van der Waals surface area contributed by atoms with Crippen molar-refractivity contribution in [1.82, 2.24) is 5.32 Å². The largest absolute Gasteiger partial charge is 0.508 e. The van der Waals surface area contributed by atoms with Crippen LogP contribution in [0, 0.1) is 29.1 Å². The second-order valence-electron chi connectivity index (χ2n) is 9.94. The van der Waals surface area contributed by atoms with Crippen molar-refractivity contribution in [1.29, 1.82) is 0 Å². The van der Waals surface area contributed by atoms with Crippen LogP contribution < -0.4 is 10.2 Å². The number of para-hydroxylation sites is 1. The van der Waals surface area contributed by atoms with E-state index in [1.807, 2.05) is 19.1 Å². The molecule has 2 aromatic rings. The first-order valence-corrected chi connectivity index (χ1v) is 11.6. The van der Waals surface area contributed by atoms with Crippen LogP contribution in [-0.4, -0.2) is 28.7 Å².